The minimum absolute atomic E-state index is 0.0922. The summed E-state index contributed by atoms with van der Waals surface area (Å²) in [4.78, 5) is 25.1. The summed E-state index contributed by atoms with van der Waals surface area (Å²) in [6.07, 6.45) is 0. The van der Waals surface area contributed by atoms with Crippen molar-refractivity contribution in [3.8, 4) is 0 Å². The van der Waals surface area contributed by atoms with Gasteiger partial charge < -0.3 is 9.72 Å². The molecule has 8 heteroatoms. The summed E-state index contributed by atoms with van der Waals surface area (Å²) in [5, 5.41) is 7.35. The zero-order chi connectivity index (χ0) is 12.6. The van der Waals surface area contributed by atoms with Crippen LogP contribution in [0.1, 0.15) is 23.2 Å². The molecule has 0 spiro atoms. The maximum Gasteiger partial charge on any atom is 0.362 e. The number of aromatic amines is 1. The molecule has 2 aromatic heterocycles. The van der Waals surface area contributed by atoms with E-state index in [2.05, 4.69) is 19.9 Å². The first-order valence-electron chi connectivity index (χ1n) is 4.87. The lowest BCUT2D eigenvalue weighted by Gasteiger charge is -1.95. The number of carbonyl (C=O) groups is 1. The number of rotatable bonds is 2. The molecule has 7 nitrogen and oxygen atoms in total. The zero-order valence-electron chi connectivity index (χ0n) is 9.15. The van der Waals surface area contributed by atoms with Gasteiger partial charge in [-0.3, -0.25) is 4.79 Å². The van der Waals surface area contributed by atoms with Gasteiger partial charge in [0.05, 0.1) is 6.61 Å². The molecule has 17 heavy (non-hydrogen) atoms. The first-order valence-corrected chi connectivity index (χ1v) is 4.87. The Balaban J connectivity index is 2.69. The molecule has 0 atom stereocenters. The van der Waals surface area contributed by atoms with E-state index in [4.69, 9.17) is 0 Å². The number of esters is 1. The second kappa shape index (κ2) is 3.96. The molecular weight excluding hydrogens is 231 g/mol. The third-order valence-electron chi connectivity index (χ3n) is 2.03. The van der Waals surface area contributed by atoms with E-state index in [1.807, 2.05) is 0 Å². The highest BCUT2D eigenvalue weighted by atomic mass is 19.1. The van der Waals surface area contributed by atoms with Crippen LogP contribution in [-0.2, 0) is 4.74 Å². The Hall–Kier alpha value is -2.25. The molecule has 0 amide bonds. The van der Waals surface area contributed by atoms with E-state index in [0.717, 1.165) is 4.63 Å². The van der Waals surface area contributed by atoms with Crippen LogP contribution < -0.4 is 5.56 Å². The monoisotopic (exact) mass is 240 g/mol. The maximum absolute atomic E-state index is 13.8. The molecule has 0 aliphatic carbocycles. The summed E-state index contributed by atoms with van der Waals surface area (Å²) in [5.41, 5.74) is -1.65. The molecule has 0 radical (unpaired) electrons. The highest BCUT2D eigenvalue weighted by Gasteiger charge is 2.23. The highest BCUT2D eigenvalue weighted by molar-refractivity contribution is 5.89. The number of hydrogen-bond donors (Lipinski definition) is 1. The van der Waals surface area contributed by atoms with Crippen LogP contribution >= 0.6 is 0 Å². The smallest absolute Gasteiger partial charge is 0.362 e. The van der Waals surface area contributed by atoms with Crippen molar-refractivity contribution in [1.29, 1.82) is 0 Å². The van der Waals surface area contributed by atoms with Gasteiger partial charge in [0.2, 0.25) is 5.69 Å². The number of H-pyrrole nitrogens is 1. The number of nitrogens with one attached hydrogen (secondary N) is 1. The van der Waals surface area contributed by atoms with Crippen LogP contribution in [0.4, 0.5) is 4.39 Å². The molecule has 90 valence electrons. The SMILES string of the molecule is CCOC(=O)c1nn2nc(C)[nH]c(=O)c2c1F. The molecule has 0 unspecified atom stereocenters. The van der Waals surface area contributed by atoms with Crippen LogP contribution in [0.2, 0.25) is 0 Å². The zero-order valence-corrected chi connectivity index (χ0v) is 9.15. The summed E-state index contributed by atoms with van der Waals surface area (Å²) in [6, 6.07) is 0. The lowest BCUT2D eigenvalue weighted by molar-refractivity contribution is 0.0513. The summed E-state index contributed by atoms with van der Waals surface area (Å²) < 4.78 is 19.2. The van der Waals surface area contributed by atoms with E-state index in [-0.39, 0.29) is 12.4 Å². The Morgan fingerprint density at radius 1 is 1.53 bits per heavy atom. The van der Waals surface area contributed by atoms with Crippen LogP contribution in [-0.4, -0.2) is 32.4 Å². The molecule has 1 N–H and O–H groups in total. The minimum atomic E-state index is -1.03. The van der Waals surface area contributed by atoms with Crippen LogP contribution in [0.3, 0.4) is 0 Å². The molecule has 0 aliphatic heterocycles. The molecular formula is C9H9FN4O3. The predicted octanol–water partition coefficient (Wildman–Crippen LogP) is 0.0418. The van der Waals surface area contributed by atoms with Crippen molar-refractivity contribution >= 4 is 11.5 Å². The number of ether oxygens (including phenoxy) is 1. The van der Waals surface area contributed by atoms with Gasteiger partial charge in [-0.25, -0.2) is 9.18 Å². The van der Waals surface area contributed by atoms with E-state index in [1.165, 1.54) is 6.92 Å². The third kappa shape index (κ3) is 1.77. The first kappa shape index (κ1) is 11.2. The van der Waals surface area contributed by atoms with Crippen LogP contribution in [0.5, 0.6) is 0 Å². The van der Waals surface area contributed by atoms with Crippen molar-refractivity contribution in [2.45, 2.75) is 13.8 Å². The molecule has 0 fully saturated rings. The highest BCUT2D eigenvalue weighted by Crippen LogP contribution is 2.10. The van der Waals surface area contributed by atoms with Crippen LogP contribution in [0.25, 0.3) is 5.52 Å². The number of nitrogens with zero attached hydrogens (tertiary/aromatic N) is 3. The van der Waals surface area contributed by atoms with Crippen molar-refractivity contribution in [3.63, 3.8) is 0 Å². The van der Waals surface area contributed by atoms with Gasteiger partial charge in [0.25, 0.3) is 5.56 Å². The Labute approximate surface area is 94.2 Å². The van der Waals surface area contributed by atoms with E-state index in [0.29, 0.717) is 0 Å². The fourth-order valence-electron chi connectivity index (χ4n) is 1.37. The Morgan fingerprint density at radius 3 is 2.88 bits per heavy atom. The van der Waals surface area contributed by atoms with Gasteiger partial charge in [0.15, 0.2) is 11.3 Å². The Morgan fingerprint density at radius 2 is 2.24 bits per heavy atom. The third-order valence-corrected chi connectivity index (χ3v) is 2.03. The van der Waals surface area contributed by atoms with Gasteiger partial charge >= 0.3 is 5.97 Å². The lowest BCUT2D eigenvalue weighted by atomic mass is 10.4. The lowest BCUT2D eigenvalue weighted by Crippen LogP contribution is -2.15. The Kier molecular flexibility index (Phi) is 2.62. The van der Waals surface area contributed by atoms with Crippen molar-refractivity contribution in [3.05, 3.63) is 27.7 Å². The number of hydrogen-bond acceptors (Lipinski definition) is 5. The summed E-state index contributed by atoms with van der Waals surface area (Å²) in [7, 11) is 0. The van der Waals surface area contributed by atoms with Crippen molar-refractivity contribution in [2.75, 3.05) is 6.61 Å². The van der Waals surface area contributed by atoms with Crippen molar-refractivity contribution in [2.24, 2.45) is 0 Å². The first-order chi connectivity index (χ1) is 8.04. The molecule has 0 aliphatic rings. The normalized spacial score (nSPS) is 10.8. The summed E-state index contributed by atoms with van der Waals surface area (Å²) in [6.45, 7) is 3.19. The summed E-state index contributed by atoms with van der Waals surface area (Å²) >= 11 is 0. The van der Waals surface area contributed by atoms with Gasteiger partial charge in [-0.05, 0) is 13.8 Å². The topological polar surface area (TPSA) is 89.3 Å². The van der Waals surface area contributed by atoms with Crippen molar-refractivity contribution < 1.29 is 13.9 Å². The largest absolute Gasteiger partial charge is 0.461 e. The standard InChI is InChI=1S/C9H9FN4O3/c1-3-17-9(16)6-5(10)7-8(15)11-4(2)12-14(7)13-6/h3H2,1-2H3,(H,11,12,15). The van der Waals surface area contributed by atoms with Crippen molar-refractivity contribution in [1.82, 2.24) is 19.8 Å². The molecule has 2 aromatic rings. The van der Waals surface area contributed by atoms with E-state index in [1.54, 1.807) is 6.92 Å². The number of carbonyl (C=O) groups excluding carboxylic acids is 1. The molecule has 2 rings (SSSR count). The summed E-state index contributed by atoms with van der Waals surface area (Å²) in [5.74, 6) is -1.69. The molecule has 2 heterocycles. The maximum atomic E-state index is 13.8. The molecule has 0 aromatic carbocycles. The molecule has 0 saturated carbocycles. The quantitative estimate of drug-likeness (QED) is 0.748. The molecule has 0 bridgehead atoms. The van der Waals surface area contributed by atoms with E-state index in [9.17, 15) is 14.0 Å². The number of halogens is 1. The fourth-order valence-corrected chi connectivity index (χ4v) is 1.37. The van der Waals surface area contributed by atoms with Gasteiger partial charge in [0, 0.05) is 0 Å². The second-order valence-electron chi connectivity index (χ2n) is 3.26. The van der Waals surface area contributed by atoms with Gasteiger partial charge in [-0.1, -0.05) is 0 Å². The number of aryl methyl sites for hydroxylation is 1. The second-order valence-corrected chi connectivity index (χ2v) is 3.26. The van der Waals surface area contributed by atoms with Gasteiger partial charge in [-0.15, -0.1) is 14.8 Å². The molecule has 0 saturated heterocycles. The number of fused-ring (bicyclic) bond motifs is 1. The Bertz CT molecular complexity index is 645. The minimum Gasteiger partial charge on any atom is -0.461 e. The predicted molar refractivity (Wildman–Crippen MR) is 54.3 cm³/mol. The van der Waals surface area contributed by atoms with E-state index < -0.39 is 28.6 Å². The average molecular weight is 240 g/mol. The van der Waals surface area contributed by atoms with E-state index >= 15 is 0 Å². The fraction of sp³-hybridized carbons (Fsp3) is 0.333. The van der Waals surface area contributed by atoms with Crippen LogP contribution in [0, 0.1) is 12.7 Å². The number of aromatic nitrogens is 4. The van der Waals surface area contributed by atoms with Gasteiger partial charge in [-0.2, -0.15) is 0 Å². The van der Waals surface area contributed by atoms with Gasteiger partial charge in [0.1, 0.15) is 5.82 Å². The average Bonchev–Trinajstić information content (AvgIpc) is 2.56. The van der Waals surface area contributed by atoms with Crippen LogP contribution in [0.15, 0.2) is 4.79 Å².